The molecule has 0 aliphatic rings. The van der Waals surface area contributed by atoms with Crippen molar-refractivity contribution < 1.29 is 4.74 Å². The van der Waals surface area contributed by atoms with Gasteiger partial charge in [-0.05, 0) is 19.3 Å². The highest BCUT2D eigenvalue weighted by Gasteiger charge is 2.17. The maximum atomic E-state index is 8.67. The van der Waals surface area contributed by atoms with E-state index >= 15 is 0 Å². The molecule has 2 unspecified atom stereocenters. The zero-order valence-electron chi connectivity index (χ0n) is 10.4. The van der Waals surface area contributed by atoms with E-state index in [0.29, 0.717) is 24.4 Å². The Bertz CT molecular complexity index is 187. The van der Waals surface area contributed by atoms with Gasteiger partial charge in [-0.15, -0.1) is 0 Å². The molecule has 0 bridgehead atoms. The highest BCUT2D eigenvalue weighted by atomic mass is 16.5. The first kappa shape index (κ1) is 14.4. The number of ether oxygens (including phenoxy) is 1. The fraction of sp³-hybridized carbons (Fsp3) is 0.917. The average Bonchev–Trinajstić information content (AvgIpc) is 2.22. The number of rotatable bonds is 8. The molecule has 0 heterocycles. The summed E-state index contributed by atoms with van der Waals surface area (Å²) in [6, 6.07) is 2.86. The topological polar surface area (TPSA) is 45.0 Å². The Balaban J connectivity index is 4.07. The van der Waals surface area contributed by atoms with Crippen LogP contribution in [0.1, 0.15) is 40.5 Å². The number of nitrogens with zero attached hydrogens (tertiary/aromatic N) is 1. The van der Waals surface area contributed by atoms with E-state index < -0.39 is 0 Å². The predicted molar refractivity (Wildman–Crippen MR) is 62.6 cm³/mol. The van der Waals surface area contributed by atoms with Crippen LogP contribution in [0.15, 0.2) is 0 Å². The fourth-order valence-corrected chi connectivity index (χ4v) is 1.41. The monoisotopic (exact) mass is 212 g/mol. The van der Waals surface area contributed by atoms with Crippen molar-refractivity contribution in [2.24, 2.45) is 5.92 Å². The molecule has 0 aromatic heterocycles. The van der Waals surface area contributed by atoms with Gasteiger partial charge in [0.25, 0.3) is 0 Å². The van der Waals surface area contributed by atoms with Gasteiger partial charge in [-0.25, -0.2) is 0 Å². The molecule has 0 aromatic rings. The highest BCUT2D eigenvalue weighted by molar-refractivity contribution is 4.83. The Kier molecular flexibility index (Phi) is 8.35. The summed E-state index contributed by atoms with van der Waals surface area (Å²) in [5.41, 5.74) is 0. The molecule has 0 aliphatic heterocycles. The first-order chi connectivity index (χ1) is 7.15. The molecule has 15 heavy (non-hydrogen) atoms. The molecule has 3 heteroatoms. The molecular weight excluding hydrogens is 188 g/mol. The van der Waals surface area contributed by atoms with Crippen molar-refractivity contribution in [3.05, 3.63) is 0 Å². The van der Waals surface area contributed by atoms with Gasteiger partial charge in [0, 0.05) is 18.7 Å². The van der Waals surface area contributed by atoms with Crippen LogP contribution in [0, 0.1) is 17.2 Å². The molecule has 0 saturated carbocycles. The van der Waals surface area contributed by atoms with Crippen LogP contribution in [0.25, 0.3) is 0 Å². The summed E-state index contributed by atoms with van der Waals surface area (Å²) in [5, 5.41) is 12.2. The lowest BCUT2D eigenvalue weighted by Gasteiger charge is -2.26. The quantitative estimate of drug-likeness (QED) is 0.671. The molecule has 0 rings (SSSR count). The van der Waals surface area contributed by atoms with Crippen molar-refractivity contribution in [2.45, 2.75) is 52.6 Å². The van der Waals surface area contributed by atoms with Gasteiger partial charge in [-0.3, -0.25) is 0 Å². The minimum Gasteiger partial charge on any atom is -0.380 e. The van der Waals surface area contributed by atoms with Crippen molar-refractivity contribution in [3.63, 3.8) is 0 Å². The smallest absolute Gasteiger partial charge is 0.0638 e. The third kappa shape index (κ3) is 6.48. The molecule has 88 valence electrons. The molecule has 0 fully saturated rings. The van der Waals surface area contributed by atoms with Gasteiger partial charge >= 0.3 is 0 Å². The summed E-state index contributed by atoms with van der Waals surface area (Å²) >= 11 is 0. The third-order valence-corrected chi connectivity index (χ3v) is 2.59. The summed E-state index contributed by atoms with van der Waals surface area (Å²) in [4.78, 5) is 0. The van der Waals surface area contributed by atoms with Crippen LogP contribution in [0.2, 0.25) is 0 Å². The Hall–Kier alpha value is -0.590. The van der Waals surface area contributed by atoms with Crippen molar-refractivity contribution in [1.82, 2.24) is 5.32 Å². The lowest BCUT2D eigenvalue weighted by Crippen LogP contribution is -2.44. The molecule has 0 aromatic carbocycles. The molecule has 0 spiro atoms. The van der Waals surface area contributed by atoms with Gasteiger partial charge < -0.3 is 10.1 Å². The maximum absolute atomic E-state index is 8.67. The maximum Gasteiger partial charge on any atom is 0.0638 e. The minimum absolute atomic E-state index is 0.294. The normalized spacial score (nSPS) is 14.9. The number of nitrogens with one attached hydrogen (secondary N) is 1. The predicted octanol–water partition coefficient (Wildman–Crippen LogP) is 2.33. The van der Waals surface area contributed by atoms with Gasteiger partial charge in [0.15, 0.2) is 0 Å². The van der Waals surface area contributed by atoms with E-state index in [1.54, 1.807) is 0 Å². The second-order valence-corrected chi connectivity index (χ2v) is 4.14. The van der Waals surface area contributed by atoms with Crippen LogP contribution in [0.4, 0.5) is 0 Å². The van der Waals surface area contributed by atoms with Gasteiger partial charge in [-0.2, -0.15) is 5.26 Å². The second-order valence-electron chi connectivity index (χ2n) is 4.14. The SMILES string of the molecule is CCOCC(NC(CC)CC#N)C(C)C. The summed E-state index contributed by atoms with van der Waals surface area (Å²) in [5.74, 6) is 0.532. The largest absolute Gasteiger partial charge is 0.380 e. The zero-order chi connectivity index (χ0) is 11.7. The molecule has 0 saturated heterocycles. The first-order valence-corrected chi connectivity index (χ1v) is 5.86. The zero-order valence-corrected chi connectivity index (χ0v) is 10.4. The van der Waals surface area contributed by atoms with Crippen molar-refractivity contribution in [1.29, 1.82) is 5.26 Å². The number of hydrogen-bond acceptors (Lipinski definition) is 3. The van der Waals surface area contributed by atoms with Gasteiger partial charge in [0.2, 0.25) is 0 Å². The summed E-state index contributed by atoms with van der Waals surface area (Å²) in [6.07, 6.45) is 1.56. The number of nitriles is 1. The molecule has 0 aliphatic carbocycles. The number of hydrogen-bond donors (Lipinski definition) is 1. The van der Waals surface area contributed by atoms with E-state index in [-0.39, 0.29) is 0 Å². The van der Waals surface area contributed by atoms with Gasteiger partial charge in [0.1, 0.15) is 0 Å². The molecule has 3 nitrogen and oxygen atoms in total. The molecule has 0 radical (unpaired) electrons. The minimum atomic E-state index is 0.294. The van der Waals surface area contributed by atoms with Gasteiger partial charge in [-0.1, -0.05) is 20.8 Å². The lowest BCUT2D eigenvalue weighted by molar-refractivity contribution is 0.103. The Morgan fingerprint density at radius 3 is 2.40 bits per heavy atom. The molecule has 1 N–H and O–H groups in total. The highest BCUT2D eigenvalue weighted by Crippen LogP contribution is 2.06. The van der Waals surface area contributed by atoms with E-state index in [2.05, 4.69) is 32.2 Å². The van der Waals surface area contributed by atoms with E-state index in [9.17, 15) is 0 Å². The standard InChI is InChI=1S/C12H24N2O/c1-5-11(7-8-13)14-12(10(3)4)9-15-6-2/h10-12,14H,5-7,9H2,1-4H3. The Morgan fingerprint density at radius 1 is 1.33 bits per heavy atom. The van der Waals surface area contributed by atoms with Crippen molar-refractivity contribution in [3.8, 4) is 6.07 Å². The average molecular weight is 212 g/mol. The fourth-order valence-electron chi connectivity index (χ4n) is 1.41. The molecule has 2 atom stereocenters. The van der Waals surface area contributed by atoms with E-state index in [1.165, 1.54) is 0 Å². The van der Waals surface area contributed by atoms with Crippen LogP contribution >= 0.6 is 0 Å². The van der Waals surface area contributed by atoms with Crippen LogP contribution in [-0.4, -0.2) is 25.3 Å². The van der Waals surface area contributed by atoms with E-state index in [1.807, 2.05) is 6.92 Å². The van der Waals surface area contributed by atoms with E-state index in [4.69, 9.17) is 10.00 Å². The molecule has 0 amide bonds. The van der Waals surface area contributed by atoms with E-state index in [0.717, 1.165) is 19.6 Å². The third-order valence-electron chi connectivity index (χ3n) is 2.59. The van der Waals surface area contributed by atoms with Crippen LogP contribution in [0.5, 0.6) is 0 Å². The second kappa shape index (κ2) is 8.70. The molecular formula is C12H24N2O. The summed E-state index contributed by atoms with van der Waals surface area (Å²) in [6.45, 7) is 9.94. The first-order valence-electron chi connectivity index (χ1n) is 5.86. The van der Waals surface area contributed by atoms with Crippen LogP contribution in [-0.2, 0) is 4.74 Å². The van der Waals surface area contributed by atoms with Crippen LogP contribution < -0.4 is 5.32 Å². The Morgan fingerprint density at radius 2 is 2.00 bits per heavy atom. The van der Waals surface area contributed by atoms with Crippen molar-refractivity contribution in [2.75, 3.05) is 13.2 Å². The van der Waals surface area contributed by atoms with Gasteiger partial charge in [0.05, 0.1) is 19.1 Å². The van der Waals surface area contributed by atoms with Crippen molar-refractivity contribution >= 4 is 0 Å². The summed E-state index contributed by atoms with van der Waals surface area (Å²) in [7, 11) is 0. The Labute approximate surface area is 93.8 Å². The summed E-state index contributed by atoms with van der Waals surface area (Å²) < 4.78 is 5.44. The lowest BCUT2D eigenvalue weighted by atomic mass is 10.0. The van der Waals surface area contributed by atoms with Crippen LogP contribution in [0.3, 0.4) is 0 Å².